The van der Waals surface area contributed by atoms with Crippen molar-refractivity contribution in [3.8, 4) is 5.75 Å². The number of amides is 1. The second kappa shape index (κ2) is 7.79. The van der Waals surface area contributed by atoms with Crippen LogP contribution in [0, 0.1) is 6.92 Å². The predicted molar refractivity (Wildman–Crippen MR) is 109 cm³/mol. The first-order chi connectivity index (χ1) is 12.4. The van der Waals surface area contributed by atoms with Gasteiger partial charge in [-0.15, -0.1) is 0 Å². The SMILES string of the molecule is Cc1ccc(N=C2S/C(=C/c3ccc(OC(C)C)cc3)C(=O)N2C)cc1. The summed E-state index contributed by atoms with van der Waals surface area (Å²) in [6, 6.07) is 15.7. The number of likely N-dealkylation sites (N-methyl/N-ethyl adjacent to an activating group) is 1. The summed E-state index contributed by atoms with van der Waals surface area (Å²) in [5, 5.41) is 0.685. The number of aliphatic imine (C=N–C) groups is 1. The third-order valence-corrected chi connectivity index (χ3v) is 4.87. The van der Waals surface area contributed by atoms with Gasteiger partial charge in [0.05, 0.1) is 16.7 Å². The molecule has 1 heterocycles. The van der Waals surface area contributed by atoms with Gasteiger partial charge in [-0.05, 0) is 68.4 Å². The second-order valence-corrected chi connectivity index (χ2v) is 7.45. The van der Waals surface area contributed by atoms with Crippen LogP contribution in [0.25, 0.3) is 6.08 Å². The van der Waals surface area contributed by atoms with Crippen molar-refractivity contribution in [2.24, 2.45) is 4.99 Å². The molecule has 0 N–H and O–H groups in total. The summed E-state index contributed by atoms with van der Waals surface area (Å²) in [6.07, 6.45) is 2.03. The van der Waals surface area contributed by atoms with Crippen LogP contribution in [-0.4, -0.2) is 29.1 Å². The maximum Gasteiger partial charge on any atom is 0.266 e. The van der Waals surface area contributed by atoms with E-state index in [0.717, 1.165) is 17.0 Å². The highest BCUT2D eigenvalue weighted by Crippen LogP contribution is 2.33. The zero-order valence-corrected chi connectivity index (χ0v) is 16.2. The molecule has 0 saturated carbocycles. The van der Waals surface area contributed by atoms with Crippen molar-refractivity contribution >= 4 is 34.6 Å². The van der Waals surface area contributed by atoms with Crippen LogP contribution in [0.1, 0.15) is 25.0 Å². The number of amidine groups is 1. The number of nitrogens with zero attached hydrogens (tertiary/aromatic N) is 2. The fourth-order valence-corrected chi connectivity index (χ4v) is 3.43. The van der Waals surface area contributed by atoms with Crippen LogP contribution in [-0.2, 0) is 4.79 Å². The molecule has 1 aliphatic heterocycles. The highest BCUT2D eigenvalue weighted by atomic mass is 32.2. The molecule has 0 spiro atoms. The van der Waals surface area contributed by atoms with E-state index in [1.54, 1.807) is 11.9 Å². The molecule has 134 valence electrons. The topological polar surface area (TPSA) is 41.9 Å². The Kier molecular flexibility index (Phi) is 5.47. The van der Waals surface area contributed by atoms with Crippen LogP contribution in [0.4, 0.5) is 5.69 Å². The van der Waals surface area contributed by atoms with Crippen LogP contribution in [0.3, 0.4) is 0 Å². The number of rotatable bonds is 4. The highest BCUT2D eigenvalue weighted by Gasteiger charge is 2.30. The van der Waals surface area contributed by atoms with Gasteiger partial charge in [0.1, 0.15) is 5.75 Å². The molecule has 0 unspecified atom stereocenters. The molecule has 1 saturated heterocycles. The lowest BCUT2D eigenvalue weighted by molar-refractivity contribution is -0.121. The molecule has 0 aromatic heterocycles. The van der Waals surface area contributed by atoms with E-state index >= 15 is 0 Å². The van der Waals surface area contributed by atoms with Gasteiger partial charge in [0.25, 0.3) is 5.91 Å². The van der Waals surface area contributed by atoms with Gasteiger partial charge in [0, 0.05) is 7.05 Å². The smallest absolute Gasteiger partial charge is 0.266 e. The van der Waals surface area contributed by atoms with E-state index in [-0.39, 0.29) is 12.0 Å². The minimum atomic E-state index is -0.0385. The average Bonchev–Trinajstić information content (AvgIpc) is 2.86. The molecule has 1 aliphatic rings. The fraction of sp³-hybridized carbons (Fsp3) is 0.238. The molecule has 0 aliphatic carbocycles. The number of benzene rings is 2. The van der Waals surface area contributed by atoms with E-state index in [1.807, 2.05) is 75.4 Å². The van der Waals surface area contributed by atoms with Crippen molar-refractivity contribution in [2.45, 2.75) is 26.9 Å². The van der Waals surface area contributed by atoms with E-state index in [0.29, 0.717) is 10.1 Å². The van der Waals surface area contributed by atoms with E-state index in [1.165, 1.54) is 17.3 Å². The summed E-state index contributed by atoms with van der Waals surface area (Å²) < 4.78 is 5.65. The summed E-state index contributed by atoms with van der Waals surface area (Å²) in [4.78, 5) is 19.4. The zero-order valence-electron chi connectivity index (χ0n) is 15.4. The number of aryl methyl sites for hydroxylation is 1. The van der Waals surface area contributed by atoms with E-state index in [9.17, 15) is 4.79 Å². The summed E-state index contributed by atoms with van der Waals surface area (Å²) in [7, 11) is 1.75. The lowest BCUT2D eigenvalue weighted by Gasteiger charge is -2.09. The van der Waals surface area contributed by atoms with Crippen molar-refractivity contribution in [2.75, 3.05) is 7.05 Å². The molecule has 0 bridgehead atoms. The first kappa shape index (κ1) is 18.3. The maximum atomic E-state index is 12.5. The van der Waals surface area contributed by atoms with E-state index in [4.69, 9.17) is 4.74 Å². The summed E-state index contributed by atoms with van der Waals surface area (Å²) in [5.74, 6) is 0.787. The highest BCUT2D eigenvalue weighted by molar-refractivity contribution is 8.18. The third-order valence-electron chi connectivity index (χ3n) is 3.81. The van der Waals surface area contributed by atoms with Gasteiger partial charge in [-0.1, -0.05) is 29.8 Å². The molecule has 5 heteroatoms. The zero-order chi connectivity index (χ0) is 18.7. The molecule has 26 heavy (non-hydrogen) atoms. The largest absolute Gasteiger partial charge is 0.491 e. The molecule has 1 amide bonds. The minimum absolute atomic E-state index is 0.0385. The Labute approximate surface area is 158 Å². The van der Waals surface area contributed by atoms with Gasteiger partial charge in [0.15, 0.2) is 5.17 Å². The van der Waals surface area contributed by atoms with Crippen LogP contribution >= 0.6 is 11.8 Å². The first-order valence-electron chi connectivity index (χ1n) is 8.52. The Balaban J connectivity index is 1.79. The molecular formula is C21H22N2O2S. The van der Waals surface area contributed by atoms with Gasteiger partial charge < -0.3 is 4.74 Å². The number of ether oxygens (including phenoxy) is 1. The monoisotopic (exact) mass is 366 g/mol. The summed E-state index contributed by atoms with van der Waals surface area (Å²) >= 11 is 1.39. The van der Waals surface area contributed by atoms with E-state index in [2.05, 4.69) is 4.99 Å². The standard InChI is InChI=1S/C21H22N2O2S/c1-14(2)25-18-11-7-16(8-12-18)13-19-20(24)23(4)21(26-19)22-17-9-5-15(3)6-10-17/h5-14H,1-4H3/b19-13+,22-21?. The predicted octanol–water partition coefficient (Wildman–Crippen LogP) is 5.02. The van der Waals surface area contributed by atoms with Crippen molar-refractivity contribution in [1.82, 2.24) is 4.90 Å². The number of carbonyl (C=O) groups excluding carboxylic acids is 1. The number of thioether (sulfide) groups is 1. The van der Waals surface area contributed by atoms with Crippen molar-refractivity contribution in [1.29, 1.82) is 0 Å². The molecule has 1 fully saturated rings. The number of carbonyl (C=O) groups is 1. The number of hydrogen-bond donors (Lipinski definition) is 0. The minimum Gasteiger partial charge on any atom is -0.491 e. The normalized spacial score (nSPS) is 17.6. The average molecular weight is 366 g/mol. The van der Waals surface area contributed by atoms with Crippen LogP contribution in [0.15, 0.2) is 58.4 Å². The quantitative estimate of drug-likeness (QED) is 0.714. The van der Waals surface area contributed by atoms with Crippen molar-refractivity contribution < 1.29 is 9.53 Å². The second-order valence-electron chi connectivity index (χ2n) is 6.44. The molecule has 0 atom stereocenters. The molecule has 3 rings (SSSR count). The van der Waals surface area contributed by atoms with Gasteiger partial charge in [-0.25, -0.2) is 4.99 Å². The fourth-order valence-electron chi connectivity index (χ4n) is 2.45. The van der Waals surface area contributed by atoms with Crippen LogP contribution < -0.4 is 4.74 Å². The molecular weight excluding hydrogens is 344 g/mol. The van der Waals surface area contributed by atoms with Gasteiger partial charge in [-0.2, -0.15) is 0 Å². The van der Waals surface area contributed by atoms with Gasteiger partial charge >= 0.3 is 0 Å². The summed E-state index contributed by atoms with van der Waals surface area (Å²) in [6.45, 7) is 6.03. The molecule has 4 nitrogen and oxygen atoms in total. The van der Waals surface area contributed by atoms with Crippen LogP contribution in [0.5, 0.6) is 5.75 Å². The Hall–Kier alpha value is -2.53. The van der Waals surface area contributed by atoms with E-state index < -0.39 is 0 Å². The Morgan fingerprint density at radius 1 is 1.08 bits per heavy atom. The van der Waals surface area contributed by atoms with Crippen molar-refractivity contribution in [3.63, 3.8) is 0 Å². The first-order valence-corrected chi connectivity index (χ1v) is 9.34. The third kappa shape index (κ3) is 4.35. The molecule has 0 radical (unpaired) electrons. The van der Waals surface area contributed by atoms with Gasteiger partial charge in [0.2, 0.25) is 0 Å². The lowest BCUT2D eigenvalue weighted by Crippen LogP contribution is -2.23. The Morgan fingerprint density at radius 3 is 2.35 bits per heavy atom. The Bertz CT molecular complexity index is 853. The molecule has 2 aromatic rings. The Morgan fingerprint density at radius 2 is 1.73 bits per heavy atom. The number of hydrogen-bond acceptors (Lipinski definition) is 4. The lowest BCUT2D eigenvalue weighted by atomic mass is 10.2. The van der Waals surface area contributed by atoms with Crippen LogP contribution in [0.2, 0.25) is 0 Å². The summed E-state index contributed by atoms with van der Waals surface area (Å²) in [5.41, 5.74) is 2.99. The van der Waals surface area contributed by atoms with Gasteiger partial charge in [-0.3, -0.25) is 9.69 Å². The maximum absolute atomic E-state index is 12.5. The van der Waals surface area contributed by atoms with Crippen molar-refractivity contribution in [3.05, 3.63) is 64.6 Å². The molecule has 2 aromatic carbocycles.